The highest BCUT2D eigenvalue weighted by atomic mass is 16.5. The molecule has 168 valence electrons. The van der Waals surface area contributed by atoms with Crippen LogP contribution in [0.5, 0.6) is 5.75 Å². The number of ether oxygens (including phenoxy) is 1. The van der Waals surface area contributed by atoms with Gasteiger partial charge < -0.3 is 14.4 Å². The zero-order valence-electron chi connectivity index (χ0n) is 18.1. The van der Waals surface area contributed by atoms with Gasteiger partial charge in [-0.3, -0.25) is 19.5 Å². The second-order valence-corrected chi connectivity index (χ2v) is 7.58. The zero-order chi connectivity index (χ0) is 23.7. The highest BCUT2D eigenvalue weighted by Gasteiger charge is 2.47. The maximum atomic E-state index is 13.3. The summed E-state index contributed by atoms with van der Waals surface area (Å²) in [4.78, 5) is 31.9. The zero-order valence-corrected chi connectivity index (χ0v) is 18.1. The van der Waals surface area contributed by atoms with Gasteiger partial charge in [0.25, 0.3) is 11.7 Å². The van der Waals surface area contributed by atoms with Gasteiger partial charge in [0.2, 0.25) is 0 Å². The van der Waals surface area contributed by atoms with E-state index in [0.717, 1.165) is 5.56 Å². The first-order chi connectivity index (χ1) is 16.6. The number of ketones is 1. The molecule has 4 aromatic rings. The van der Waals surface area contributed by atoms with Crippen molar-refractivity contribution < 1.29 is 24.0 Å². The second kappa shape index (κ2) is 8.67. The number of nitrogens with zero attached hydrogens (tertiary/aromatic N) is 3. The molecule has 2 aromatic carbocycles. The van der Waals surface area contributed by atoms with Crippen LogP contribution in [0.25, 0.3) is 17.0 Å². The molecule has 1 fully saturated rings. The fraction of sp³-hybridized carbons (Fsp3) is 0.0769. The number of benzene rings is 2. The third-order valence-electron chi connectivity index (χ3n) is 5.69. The minimum atomic E-state index is -0.908. The average Bonchev–Trinajstić information content (AvgIpc) is 3.51. The molecule has 1 saturated heterocycles. The van der Waals surface area contributed by atoms with Gasteiger partial charge in [-0.25, -0.2) is 0 Å². The number of carbonyl (C=O) groups excluding carboxylic acids is 2. The minimum absolute atomic E-state index is 0.0388. The lowest BCUT2D eigenvalue weighted by Gasteiger charge is -2.26. The van der Waals surface area contributed by atoms with Crippen molar-refractivity contribution >= 4 is 23.1 Å². The summed E-state index contributed by atoms with van der Waals surface area (Å²) in [6.07, 6.45) is 4.47. The SMILES string of the molecule is COc1ccccc1C1C(=C(O)c2cccnc2)C(=O)C(=O)N1c1ccc(-c2ccon2)cc1. The van der Waals surface area contributed by atoms with E-state index >= 15 is 0 Å². The largest absolute Gasteiger partial charge is 0.507 e. The first-order valence-corrected chi connectivity index (χ1v) is 10.5. The van der Waals surface area contributed by atoms with E-state index in [1.54, 1.807) is 72.9 Å². The minimum Gasteiger partial charge on any atom is -0.507 e. The molecule has 2 aromatic heterocycles. The Bertz CT molecular complexity index is 1380. The predicted octanol–water partition coefficient (Wildman–Crippen LogP) is 4.37. The number of methoxy groups -OCH3 is 1. The predicted molar refractivity (Wildman–Crippen MR) is 124 cm³/mol. The lowest BCUT2D eigenvalue weighted by Crippen LogP contribution is -2.29. The van der Waals surface area contributed by atoms with Gasteiger partial charge in [0, 0.05) is 40.8 Å². The Kier molecular flexibility index (Phi) is 5.39. The maximum Gasteiger partial charge on any atom is 0.300 e. The van der Waals surface area contributed by atoms with Crippen LogP contribution >= 0.6 is 0 Å². The smallest absolute Gasteiger partial charge is 0.300 e. The number of carbonyl (C=O) groups is 2. The number of aliphatic hydroxyl groups excluding tert-OH is 1. The fourth-order valence-corrected chi connectivity index (χ4v) is 4.10. The van der Waals surface area contributed by atoms with Crippen molar-refractivity contribution in [2.45, 2.75) is 6.04 Å². The number of aliphatic hydroxyl groups is 1. The van der Waals surface area contributed by atoms with Crippen molar-refractivity contribution in [3.63, 3.8) is 0 Å². The molecule has 8 nitrogen and oxygen atoms in total. The van der Waals surface area contributed by atoms with Crippen LogP contribution in [0, 0.1) is 0 Å². The number of rotatable bonds is 5. The van der Waals surface area contributed by atoms with E-state index in [9.17, 15) is 14.7 Å². The number of pyridine rings is 1. The van der Waals surface area contributed by atoms with Crippen molar-refractivity contribution in [2.75, 3.05) is 12.0 Å². The number of hydrogen-bond acceptors (Lipinski definition) is 7. The number of anilines is 1. The van der Waals surface area contributed by atoms with Crippen LogP contribution in [0.3, 0.4) is 0 Å². The van der Waals surface area contributed by atoms with Gasteiger partial charge in [-0.15, -0.1) is 0 Å². The van der Waals surface area contributed by atoms with Crippen molar-refractivity contribution in [3.05, 3.63) is 102 Å². The number of amides is 1. The number of Topliss-reactive ketones (excluding diaryl/α,β-unsaturated/α-hetero) is 1. The van der Waals surface area contributed by atoms with Gasteiger partial charge in [-0.1, -0.05) is 35.5 Å². The maximum absolute atomic E-state index is 13.3. The van der Waals surface area contributed by atoms with Crippen LogP contribution < -0.4 is 9.64 Å². The summed E-state index contributed by atoms with van der Waals surface area (Å²) in [6, 6.07) is 18.2. The van der Waals surface area contributed by atoms with E-state index < -0.39 is 17.7 Å². The van der Waals surface area contributed by atoms with Gasteiger partial charge in [0.15, 0.2) is 0 Å². The number of para-hydroxylation sites is 1. The summed E-state index contributed by atoms with van der Waals surface area (Å²) in [5, 5.41) is 15.0. The molecule has 1 amide bonds. The van der Waals surface area contributed by atoms with Crippen molar-refractivity contribution in [1.29, 1.82) is 0 Å². The highest BCUT2D eigenvalue weighted by molar-refractivity contribution is 6.51. The van der Waals surface area contributed by atoms with Gasteiger partial charge in [-0.05, 0) is 30.3 Å². The standard InChI is InChI=1S/C26H19N3O5/c1-33-21-7-3-2-6-19(21)23-22(24(30)17-5-4-13-27-15-17)25(31)26(32)29(23)18-10-8-16(9-11-18)20-12-14-34-28-20/h2-15,23,30H,1H3. The van der Waals surface area contributed by atoms with E-state index in [4.69, 9.17) is 9.26 Å². The van der Waals surface area contributed by atoms with Crippen LogP contribution in [0.4, 0.5) is 5.69 Å². The molecule has 0 bridgehead atoms. The van der Waals surface area contributed by atoms with Crippen molar-refractivity contribution in [1.82, 2.24) is 10.1 Å². The Labute approximate surface area is 194 Å². The van der Waals surface area contributed by atoms with Crippen molar-refractivity contribution in [3.8, 4) is 17.0 Å². The monoisotopic (exact) mass is 453 g/mol. The summed E-state index contributed by atoms with van der Waals surface area (Å²) in [5.74, 6) is -1.37. The Morgan fingerprint density at radius 3 is 2.50 bits per heavy atom. The lowest BCUT2D eigenvalue weighted by molar-refractivity contribution is -0.132. The summed E-state index contributed by atoms with van der Waals surface area (Å²) in [5.41, 5.74) is 2.78. The molecule has 0 saturated carbocycles. The Hall–Kier alpha value is -4.72. The van der Waals surface area contributed by atoms with Crippen molar-refractivity contribution in [2.24, 2.45) is 0 Å². The molecule has 34 heavy (non-hydrogen) atoms. The first kappa shape index (κ1) is 21.1. The normalized spacial score (nSPS) is 17.2. The van der Waals surface area contributed by atoms with E-state index in [1.165, 1.54) is 24.5 Å². The number of hydrogen-bond donors (Lipinski definition) is 1. The molecule has 5 rings (SSSR count). The number of aromatic nitrogens is 2. The van der Waals surface area contributed by atoms with Gasteiger partial charge in [0.1, 0.15) is 23.5 Å². The van der Waals surface area contributed by atoms with Crippen LogP contribution in [0.2, 0.25) is 0 Å². The van der Waals surface area contributed by atoms with Gasteiger partial charge in [0.05, 0.1) is 18.7 Å². The fourth-order valence-electron chi connectivity index (χ4n) is 4.10. The molecule has 1 aliphatic rings. The third kappa shape index (κ3) is 3.51. The first-order valence-electron chi connectivity index (χ1n) is 10.5. The summed E-state index contributed by atoms with van der Waals surface area (Å²) < 4.78 is 10.4. The van der Waals surface area contributed by atoms with Crippen LogP contribution in [0.15, 0.2) is 95.5 Å². The van der Waals surface area contributed by atoms with Crippen LogP contribution in [-0.2, 0) is 9.59 Å². The van der Waals surface area contributed by atoms with Crippen LogP contribution in [0.1, 0.15) is 17.2 Å². The Morgan fingerprint density at radius 1 is 1.03 bits per heavy atom. The molecule has 1 N–H and O–H groups in total. The van der Waals surface area contributed by atoms with E-state index in [1.807, 2.05) is 0 Å². The Morgan fingerprint density at radius 2 is 1.82 bits per heavy atom. The lowest BCUT2D eigenvalue weighted by atomic mass is 9.94. The average molecular weight is 453 g/mol. The summed E-state index contributed by atoms with van der Waals surface area (Å²) in [6.45, 7) is 0. The molecule has 8 heteroatoms. The Balaban J connectivity index is 1.69. The quantitative estimate of drug-likeness (QED) is 0.272. The molecule has 0 radical (unpaired) electrons. The molecule has 0 aliphatic carbocycles. The molecule has 0 spiro atoms. The molecular formula is C26H19N3O5. The summed E-state index contributed by atoms with van der Waals surface area (Å²) >= 11 is 0. The second-order valence-electron chi connectivity index (χ2n) is 7.58. The molecule has 3 heterocycles. The van der Waals surface area contributed by atoms with Gasteiger partial charge >= 0.3 is 0 Å². The molecule has 1 atom stereocenters. The van der Waals surface area contributed by atoms with Gasteiger partial charge in [-0.2, -0.15) is 0 Å². The summed E-state index contributed by atoms with van der Waals surface area (Å²) in [7, 11) is 1.51. The third-order valence-corrected chi connectivity index (χ3v) is 5.69. The van der Waals surface area contributed by atoms with E-state index in [0.29, 0.717) is 28.3 Å². The topological polar surface area (TPSA) is 106 Å². The highest BCUT2D eigenvalue weighted by Crippen LogP contribution is 2.45. The molecule has 1 aliphatic heterocycles. The molecule has 1 unspecified atom stereocenters. The van der Waals surface area contributed by atoms with Crippen LogP contribution in [-0.4, -0.2) is 34.0 Å². The van der Waals surface area contributed by atoms with E-state index in [-0.39, 0.29) is 11.3 Å². The molecular weight excluding hydrogens is 434 g/mol. The van der Waals surface area contributed by atoms with E-state index in [2.05, 4.69) is 10.1 Å².